The molecule has 0 aliphatic heterocycles. The zero-order chi connectivity index (χ0) is 23.3. The summed E-state index contributed by atoms with van der Waals surface area (Å²) in [5.41, 5.74) is 2.51. The third-order valence-corrected chi connectivity index (χ3v) is 6.97. The van der Waals surface area contributed by atoms with E-state index in [1.54, 1.807) is 42.5 Å². The summed E-state index contributed by atoms with van der Waals surface area (Å²) < 4.78 is 26.1. The van der Waals surface area contributed by atoms with Crippen LogP contribution in [0.2, 0.25) is 10.0 Å². The van der Waals surface area contributed by atoms with E-state index in [0.717, 1.165) is 11.8 Å². The van der Waals surface area contributed by atoms with Gasteiger partial charge in [0.15, 0.2) is 0 Å². The van der Waals surface area contributed by atoms with Gasteiger partial charge in [0.05, 0.1) is 18.5 Å². The predicted molar refractivity (Wildman–Crippen MR) is 131 cm³/mol. The minimum absolute atomic E-state index is 0.0164. The molecule has 0 aromatic heterocycles. The summed E-state index contributed by atoms with van der Waals surface area (Å²) in [7, 11) is -3.62. The molecule has 3 aromatic rings. The van der Waals surface area contributed by atoms with E-state index in [4.69, 9.17) is 23.2 Å². The van der Waals surface area contributed by atoms with Gasteiger partial charge < -0.3 is 5.32 Å². The summed E-state index contributed by atoms with van der Waals surface area (Å²) in [5, 5.41) is 3.69. The van der Waals surface area contributed by atoms with Gasteiger partial charge in [-0.25, -0.2) is 8.42 Å². The highest BCUT2D eigenvalue weighted by molar-refractivity contribution is 7.92. The Morgan fingerprint density at radius 2 is 1.53 bits per heavy atom. The lowest BCUT2D eigenvalue weighted by atomic mass is 10.0. The number of sulfonamides is 1. The highest BCUT2D eigenvalue weighted by Crippen LogP contribution is 2.29. The molecular formula is C24H24Cl2N2O3S. The van der Waals surface area contributed by atoms with Crippen LogP contribution in [0.1, 0.15) is 34.3 Å². The molecule has 0 bridgehead atoms. The molecule has 32 heavy (non-hydrogen) atoms. The van der Waals surface area contributed by atoms with Crippen molar-refractivity contribution in [1.29, 1.82) is 0 Å². The van der Waals surface area contributed by atoms with Crippen LogP contribution in [0.15, 0.2) is 72.8 Å². The van der Waals surface area contributed by atoms with Crippen LogP contribution in [-0.4, -0.2) is 27.1 Å². The molecule has 168 valence electrons. The van der Waals surface area contributed by atoms with Crippen LogP contribution in [0, 0.1) is 0 Å². The van der Waals surface area contributed by atoms with Crippen molar-refractivity contribution in [3.05, 3.63) is 99.5 Å². The van der Waals surface area contributed by atoms with Crippen LogP contribution in [0.3, 0.4) is 0 Å². The molecular weight excluding hydrogens is 467 g/mol. The zero-order valence-electron chi connectivity index (χ0n) is 17.8. The molecule has 1 atom stereocenters. The largest absolute Gasteiger partial charge is 0.351 e. The van der Waals surface area contributed by atoms with E-state index in [1.165, 1.54) is 4.31 Å². The molecule has 0 fully saturated rings. The smallest absolute Gasteiger partial charge is 0.251 e. The number of anilines is 1. The molecule has 8 heteroatoms. The molecule has 0 aliphatic carbocycles. The SMILES string of the molecule is CC(CNC(=O)c1ccc(N(Cc2c(Cl)cccc2Cl)S(C)(=O)=O)cc1)c1ccccc1. The Morgan fingerprint density at radius 3 is 2.09 bits per heavy atom. The lowest BCUT2D eigenvalue weighted by molar-refractivity contribution is 0.0951. The number of nitrogens with one attached hydrogen (secondary N) is 1. The van der Waals surface area contributed by atoms with Crippen molar-refractivity contribution in [2.45, 2.75) is 19.4 Å². The summed E-state index contributed by atoms with van der Waals surface area (Å²) in [5.74, 6) is -0.0556. The molecule has 5 nitrogen and oxygen atoms in total. The molecule has 3 aromatic carbocycles. The van der Waals surface area contributed by atoms with Gasteiger partial charge in [-0.2, -0.15) is 0 Å². The Balaban J connectivity index is 1.73. The minimum Gasteiger partial charge on any atom is -0.351 e. The summed E-state index contributed by atoms with van der Waals surface area (Å²) >= 11 is 12.4. The second kappa shape index (κ2) is 10.4. The summed E-state index contributed by atoms with van der Waals surface area (Å²) in [6.45, 7) is 2.52. The Kier molecular flexibility index (Phi) is 7.82. The van der Waals surface area contributed by atoms with Crippen molar-refractivity contribution in [3.63, 3.8) is 0 Å². The maximum atomic E-state index is 12.6. The van der Waals surface area contributed by atoms with E-state index < -0.39 is 10.0 Å². The average molecular weight is 491 g/mol. The normalized spacial score (nSPS) is 12.2. The molecule has 1 N–H and O–H groups in total. The Morgan fingerprint density at radius 1 is 0.938 bits per heavy atom. The summed E-state index contributed by atoms with van der Waals surface area (Å²) in [6, 6.07) is 21.4. The molecule has 0 saturated heterocycles. The van der Waals surface area contributed by atoms with Gasteiger partial charge in [0.2, 0.25) is 10.0 Å². The Labute approximate surface area is 199 Å². The number of hydrogen-bond donors (Lipinski definition) is 1. The highest BCUT2D eigenvalue weighted by atomic mass is 35.5. The number of carbonyl (C=O) groups excluding carboxylic acids is 1. The van der Waals surface area contributed by atoms with E-state index >= 15 is 0 Å². The molecule has 0 heterocycles. The number of carbonyl (C=O) groups is 1. The molecule has 1 unspecified atom stereocenters. The summed E-state index contributed by atoms with van der Waals surface area (Å²) in [6.07, 6.45) is 1.11. The van der Waals surface area contributed by atoms with Crippen molar-refractivity contribution in [3.8, 4) is 0 Å². The molecule has 3 rings (SSSR count). The zero-order valence-corrected chi connectivity index (χ0v) is 20.1. The van der Waals surface area contributed by atoms with Crippen molar-refractivity contribution < 1.29 is 13.2 Å². The van der Waals surface area contributed by atoms with E-state index in [-0.39, 0.29) is 18.4 Å². The third kappa shape index (κ3) is 6.03. The monoisotopic (exact) mass is 490 g/mol. The highest BCUT2D eigenvalue weighted by Gasteiger charge is 2.21. The van der Waals surface area contributed by atoms with Gasteiger partial charge in [0.1, 0.15) is 0 Å². The first-order valence-corrected chi connectivity index (χ1v) is 12.6. The molecule has 1 amide bonds. The molecule has 0 spiro atoms. The van der Waals surface area contributed by atoms with Gasteiger partial charge in [0, 0.05) is 27.7 Å². The fourth-order valence-electron chi connectivity index (χ4n) is 3.25. The number of rotatable bonds is 8. The van der Waals surface area contributed by atoms with Crippen LogP contribution in [-0.2, 0) is 16.6 Å². The van der Waals surface area contributed by atoms with E-state index in [2.05, 4.69) is 5.32 Å². The number of halogens is 2. The van der Waals surface area contributed by atoms with Crippen LogP contribution in [0.5, 0.6) is 0 Å². The van der Waals surface area contributed by atoms with Gasteiger partial charge in [-0.15, -0.1) is 0 Å². The first-order valence-electron chi connectivity index (χ1n) is 10.0. The fourth-order valence-corrected chi connectivity index (χ4v) is 4.64. The fraction of sp³-hybridized carbons (Fsp3) is 0.208. The standard InChI is InChI=1S/C24H24Cl2N2O3S/c1-17(18-7-4-3-5-8-18)15-27-24(29)19-11-13-20(14-12-19)28(32(2,30)31)16-21-22(25)9-6-10-23(21)26/h3-14,17H,15-16H2,1-2H3,(H,27,29). The lowest BCUT2D eigenvalue weighted by Gasteiger charge is -2.24. The van der Waals surface area contributed by atoms with E-state index in [1.807, 2.05) is 37.3 Å². The van der Waals surface area contributed by atoms with Gasteiger partial charge in [-0.1, -0.05) is 66.5 Å². The van der Waals surface area contributed by atoms with Gasteiger partial charge in [-0.05, 0) is 47.9 Å². The number of hydrogen-bond acceptors (Lipinski definition) is 3. The van der Waals surface area contributed by atoms with E-state index in [0.29, 0.717) is 33.4 Å². The van der Waals surface area contributed by atoms with Crippen LogP contribution < -0.4 is 9.62 Å². The van der Waals surface area contributed by atoms with Crippen molar-refractivity contribution >= 4 is 44.8 Å². The Hall–Kier alpha value is -2.54. The predicted octanol–water partition coefficient (Wildman–Crippen LogP) is 5.49. The van der Waals surface area contributed by atoms with Crippen molar-refractivity contribution in [2.75, 3.05) is 17.1 Å². The second-order valence-corrected chi connectivity index (χ2v) is 10.3. The maximum absolute atomic E-state index is 12.6. The maximum Gasteiger partial charge on any atom is 0.251 e. The second-order valence-electron chi connectivity index (χ2n) is 7.54. The van der Waals surface area contributed by atoms with Crippen LogP contribution in [0.4, 0.5) is 5.69 Å². The average Bonchev–Trinajstić information content (AvgIpc) is 2.77. The van der Waals surface area contributed by atoms with Crippen LogP contribution >= 0.6 is 23.2 Å². The van der Waals surface area contributed by atoms with Gasteiger partial charge in [-0.3, -0.25) is 9.10 Å². The quantitative estimate of drug-likeness (QED) is 0.453. The number of benzene rings is 3. The first kappa shape index (κ1) is 24.1. The first-order chi connectivity index (χ1) is 15.2. The molecule has 0 aliphatic rings. The number of nitrogens with zero attached hydrogens (tertiary/aromatic N) is 1. The number of amides is 1. The minimum atomic E-state index is -3.62. The van der Waals surface area contributed by atoms with Crippen molar-refractivity contribution in [2.24, 2.45) is 0 Å². The Bertz CT molecular complexity index is 1160. The molecule has 0 saturated carbocycles. The van der Waals surface area contributed by atoms with Crippen LogP contribution in [0.25, 0.3) is 0 Å². The molecule has 0 radical (unpaired) electrons. The lowest BCUT2D eigenvalue weighted by Crippen LogP contribution is -2.30. The third-order valence-electron chi connectivity index (χ3n) is 5.12. The summed E-state index contributed by atoms with van der Waals surface area (Å²) in [4.78, 5) is 12.6. The van der Waals surface area contributed by atoms with Gasteiger partial charge in [0.25, 0.3) is 5.91 Å². The van der Waals surface area contributed by atoms with E-state index in [9.17, 15) is 13.2 Å². The van der Waals surface area contributed by atoms with Crippen molar-refractivity contribution in [1.82, 2.24) is 5.32 Å². The van der Waals surface area contributed by atoms with Gasteiger partial charge >= 0.3 is 0 Å². The topological polar surface area (TPSA) is 66.5 Å².